The van der Waals surface area contributed by atoms with E-state index in [0.29, 0.717) is 17.9 Å². The van der Waals surface area contributed by atoms with Gasteiger partial charge in [-0.15, -0.1) is 0 Å². The smallest absolute Gasteiger partial charge is 0.137 e. The van der Waals surface area contributed by atoms with Gasteiger partial charge in [0.1, 0.15) is 11.7 Å². The Labute approximate surface area is 89.2 Å². The second kappa shape index (κ2) is 5.31. The maximum absolute atomic E-state index is 7.37. The monoisotopic (exact) mass is 208 g/mol. The van der Waals surface area contributed by atoms with Gasteiger partial charge in [-0.2, -0.15) is 0 Å². The number of nitrogens with one attached hydrogen (secondary N) is 2. The Morgan fingerprint density at radius 1 is 1.73 bits per heavy atom. The molecule has 0 amide bonds. The SMILES string of the molecule is COC(C)CNc1ncccc1C(=N)N. The highest BCUT2D eigenvalue weighted by Gasteiger charge is 2.06. The van der Waals surface area contributed by atoms with E-state index >= 15 is 0 Å². The Kier molecular flexibility index (Phi) is 4.05. The largest absolute Gasteiger partial charge is 0.384 e. The Balaban J connectivity index is 2.72. The minimum Gasteiger partial charge on any atom is -0.384 e. The summed E-state index contributed by atoms with van der Waals surface area (Å²) in [5.41, 5.74) is 6.04. The van der Waals surface area contributed by atoms with Gasteiger partial charge >= 0.3 is 0 Å². The van der Waals surface area contributed by atoms with Gasteiger partial charge in [0.2, 0.25) is 0 Å². The van der Waals surface area contributed by atoms with E-state index in [2.05, 4.69) is 10.3 Å². The molecule has 0 fully saturated rings. The molecule has 82 valence electrons. The number of anilines is 1. The topological polar surface area (TPSA) is 84.0 Å². The highest BCUT2D eigenvalue weighted by Crippen LogP contribution is 2.10. The summed E-state index contributed by atoms with van der Waals surface area (Å²) >= 11 is 0. The lowest BCUT2D eigenvalue weighted by Crippen LogP contribution is -2.21. The number of rotatable bonds is 5. The molecule has 15 heavy (non-hydrogen) atoms. The van der Waals surface area contributed by atoms with E-state index in [1.165, 1.54) is 0 Å². The molecule has 5 heteroatoms. The molecule has 0 aliphatic carbocycles. The first-order valence-corrected chi connectivity index (χ1v) is 4.71. The van der Waals surface area contributed by atoms with E-state index in [9.17, 15) is 0 Å². The van der Waals surface area contributed by atoms with E-state index in [1.807, 2.05) is 6.92 Å². The maximum Gasteiger partial charge on any atom is 0.137 e. The van der Waals surface area contributed by atoms with Crippen LogP contribution in [0.3, 0.4) is 0 Å². The van der Waals surface area contributed by atoms with Gasteiger partial charge in [-0.25, -0.2) is 4.98 Å². The van der Waals surface area contributed by atoms with Gasteiger partial charge in [0, 0.05) is 19.9 Å². The average Bonchev–Trinajstić information content (AvgIpc) is 2.26. The summed E-state index contributed by atoms with van der Waals surface area (Å²) in [5, 5.41) is 10.5. The van der Waals surface area contributed by atoms with Gasteiger partial charge in [-0.05, 0) is 19.1 Å². The fraction of sp³-hybridized carbons (Fsp3) is 0.400. The minimum atomic E-state index is 0.00988. The van der Waals surface area contributed by atoms with Crippen LogP contribution in [0.25, 0.3) is 0 Å². The van der Waals surface area contributed by atoms with Crippen LogP contribution in [0.4, 0.5) is 5.82 Å². The number of nitrogens with zero attached hydrogens (tertiary/aromatic N) is 1. The molecular weight excluding hydrogens is 192 g/mol. The van der Waals surface area contributed by atoms with E-state index in [1.54, 1.807) is 25.4 Å². The molecule has 4 N–H and O–H groups in total. The molecule has 1 heterocycles. The van der Waals surface area contributed by atoms with Crippen molar-refractivity contribution >= 4 is 11.7 Å². The third-order valence-corrected chi connectivity index (χ3v) is 2.06. The van der Waals surface area contributed by atoms with Crippen molar-refractivity contribution in [2.24, 2.45) is 5.73 Å². The molecule has 1 aromatic rings. The Hall–Kier alpha value is -1.62. The van der Waals surface area contributed by atoms with Crippen molar-refractivity contribution in [2.45, 2.75) is 13.0 Å². The molecule has 0 bridgehead atoms. The molecule has 5 nitrogen and oxygen atoms in total. The zero-order valence-electron chi connectivity index (χ0n) is 8.95. The predicted molar refractivity (Wildman–Crippen MR) is 60.2 cm³/mol. The van der Waals surface area contributed by atoms with Gasteiger partial charge in [0.25, 0.3) is 0 Å². The molecule has 1 aromatic heterocycles. The zero-order valence-corrected chi connectivity index (χ0v) is 8.95. The van der Waals surface area contributed by atoms with Crippen molar-refractivity contribution in [1.82, 2.24) is 4.98 Å². The number of amidine groups is 1. The van der Waals surface area contributed by atoms with Crippen molar-refractivity contribution in [3.05, 3.63) is 23.9 Å². The summed E-state index contributed by atoms with van der Waals surface area (Å²) in [6.45, 7) is 2.58. The Morgan fingerprint density at radius 3 is 3.07 bits per heavy atom. The summed E-state index contributed by atoms with van der Waals surface area (Å²) in [5.74, 6) is 0.629. The number of hydrogen-bond acceptors (Lipinski definition) is 4. The molecule has 0 saturated carbocycles. The zero-order chi connectivity index (χ0) is 11.3. The molecule has 0 aliphatic rings. The number of nitrogens with two attached hydrogens (primary N) is 1. The number of methoxy groups -OCH3 is 1. The second-order valence-electron chi connectivity index (χ2n) is 3.24. The van der Waals surface area contributed by atoms with E-state index < -0.39 is 0 Å². The van der Waals surface area contributed by atoms with Crippen LogP contribution >= 0.6 is 0 Å². The molecule has 1 unspecified atom stereocenters. The van der Waals surface area contributed by atoms with E-state index in [0.717, 1.165) is 0 Å². The normalized spacial score (nSPS) is 12.1. The number of hydrogen-bond donors (Lipinski definition) is 3. The van der Waals surface area contributed by atoms with Crippen molar-refractivity contribution < 1.29 is 4.74 Å². The summed E-state index contributed by atoms with van der Waals surface area (Å²) in [7, 11) is 1.65. The quantitative estimate of drug-likeness (QED) is 0.494. The highest BCUT2D eigenvalue weighted by atomic mass is 16.5. The van der Waals surface area contributed by atoms with Gasteiger partial charge in [-0.1, -0.05) is 0 Å². The van der Waals surface area contributed by atoms with E-state index in [-0.39, 0.29) is 11.9 Å². The molecule has 0 aliphatic heterocycles. The molecule has 0 spiro atoms. The van der Waals surface area contributed by atoms with Crippen molar-refractivity contribution in [1.29, 1.82) is 5.41 Å². The maximum atomic E-state index is 7.37. The van der Waals surface area contributed by atoms with Crippen LogP contribution in [0.2, 0.25) is 0 Å². The first kappa shape index (κ1) is 11.5. The fourth-order valence-corrected chi connectivity index (χ4v) is 1.09. The summed E-state index contributed by atoms with van der Waals surface area (Å²) < 4.78 is 5.10. The summed E-state index contributed by atoms with van der Waals surface area (Å²) in [4.78, 5) is 4.12. The van der Waals surface area contributed by atoms with Crippen LogP contribution in [0, 0.1) is 5.41 Å². The van der Waals surface area contributed by atoms with Gasteiger partial charge in [0.05, 0.1) is 11.7 Å². The van der Waals surface area contributed by atoms with Crippen LogP contribution in [0.5, 0.6) is 0 Å². The number of nitrogen functional groups attached to an aromatic ring is 1. The van der Waals surface area contributed by atoms with Crippen LogP contribution in [0.15, 0.2) is 18.3 Å². The summed E-state index contributed by atoms with van der Waals surface area (Å²) in [6, 6.07) is 3.51. The van der Waals surface area contributed by atoms with Crippen LogP contribution < -0.4 is 11.1 Å². The summed E-state index contributed by atoms with van der Waals surface area (Å²) in [6.07, 6.45) is 1.75. The lowest BCUT2D eigenvalue weighted by molar-refractivity contribution is 0.128. The molecule has 1 rings (SSSR count). The lowest BCUT2D eigenvalue weighted by Gasteiger charge is -2.13. The predicted octanol–water partition coefficient (Wildman–Crippen LogP) is 0.812. The Morgan fingerprint density at radius 2 is 2.47 bits per heavy atom. The van der Waals surface area contributed by atoms with Crippen LogP contribution in [-0.2, 0) is 4.74 Å². The van der Waals surface area contributed by atoms with Gasteiger partial charge in [-0.3, -0.25) is 5.41 Å². The van der Waals surface area contributed by atoms with Crippen molar-refractivity contribution in [3.63, 3.8) is 0 Å². The standard InChI is InChI=1S/C10H16N4O/c1-7(15-2)6-14-10-8(9(11)12)4-3-5-13-10/h3-5,7H,6H2,1-2H3,(H3,11,12)(H,13,14). The lowest BCUT2D eigenvalue weighted by atomic mass is 10.2. The molecule has 0 saturated heterocycles. The first-order valence-electron chi connectivity index (χ1n) is 4.71. The van der Waals surface area contributed by atoms with Crippen molar-refractivity contribution in [2.75, 3.05) is 19.0 Å². The number of aromatic nitrogens is 1. The third kappa shape index (κ3) is 3.21. The van der Waals surface area contributed by atoms with Crippen LogP contribution in [-0.4, -0.2) is 30.6 Å². The molecule has 1 atom stereocenters. The minimum absolute atomic E-state index is 0.00988. The highest BCUT2D eigenvalue weighted by molar-refractivity contribution is 5.99. The fourth-order valence-electron chi connectivity index (χ4n) is 1.09. The first-order chi connectivity index (χ1) is 7.15. The molecule has 0 radical (unpaired) electrons. The third-order valence-electron chi connectivity index (χ3n) is 2.06. The van der Waals surface area contributed by atoms with Gasteiger partial charge < -0.3 is 15.8 Å². The van der Waals surface area contributed by atoms with Crippen molar-refractivity contribution in [3.8, 4) is 0 Å². The number of ether oxygens (including phenoxy) is 1. The van der Waals surface area contributed by atoms with Gasteiger partial charge in [0.15, 0.2) is 0 Å². The average molecular weight is 208 g/mol. The Bertz CT molecular complexity index is 340. The van der Waals surface area contributed by atoms with Crippen LogP contribution in [0.1, 0.15) is 12.5 Å². The molecule has 0 aromatic carbocycles. The van der Waals surface area contributed by atoms with E-state index in [4.69, 9.17) is 15.9 Å². The molecular formula is C10H16N4O. The number of pyridine rings is 1. The second-order valence-corrected chi connectivity index (χ2v) is 3.24.